The molecule has 3 rings (SSSR count). The Labute approximate surface area is 169 Å². The number of carbonyl (C=O) groups is 2. The third kappa shape index (κ3) is 4.14. The van der Waals surface area contributed by atoms with Gasteiger partial charge in [-0.2, -0.15) is 0 Å². The van der Waals surface area contributed by atoms with E-state index in [1.54, 1.807) is 31.7 Å². The summed E-state index contributed by atoms with van der Waals surface area (Å²) in [4.78, 5) is 31.7. The van der Waals surface area contributed by atoms with Gasteiger partial charge in [-0.15, -0.1) is 0 Å². The van der Waals surface area contributed by atoms with E-state index in [-0.39, 0.29) is 12.0 Å². The zero-order chi connectivity index (χ0) is 20.3. The van der Waals surface area contributed by atoms with Crippen molar-refractivity contribution in [2.45, 2.75) is 39.3 Å². The maximum Gasteiger partial charge on any atom is 0.338 e. The van der Waals surface area contributed by atoms with E-state index in [0.29, 0.717) is 41.0 Å². The zero-order valence-corrected chi connectivity index (χ0v) is 17.1. The first-order chi connectivity index (χ1) is 13.4. The minimum atomic E-state index is -0.562. The molecule has 0 aliphatic carbocycles. The highest BCUT2D eigenvalue weighted by Gasteiger charge is 2.41. The lowest BCUT2D eigenvalue weighted by Gasteiger charge is -2.39. The summed E-state index contributed by atoms with van der Waals surface area (Å²) < 4.78 is 11.0. The number of benzene rings is 1. The summed E-state index contributed by atoms with van der Waals surface area (Å²) in [6.45, 7) is 9.43. The Balaban J connectivity index is 2.04. The van der Waals surface area contributed by atoms with E-state index in [9.17, 15) is 9.59 Å². The van der Waals surface area contributed by atoms with Crippen molar-refractivity contribution < 1.29 is 19.1 Å². The van der Waals surface area contributed by atoms with Crippen LogP contribution < -0.4 is 4.74 Å². The van der Waals surface area contributed by atoms with E-state index >= 15 is 0 Å². The van der Waals surface area contributed by atoms with Crippen molar-refractivity contribution in [2.24, 2.45) is 4.99 Å². The number of thioether (sulfide) groups is 1. The summed E-state index contributed by atoms with van der Waals surface area (Å²) in [6, 6.07) is 6.83. The Morgan fingerprint density at radius 3 is 2.75 bits per heavy atom. The fourth-order valence-corrected chi connectivity index (χ4v) is 4.16. The van der Waals surface area contributed by atoms with Gasteiger partial charge in [-0.3, -0.25) is 9.69 Å². The summed E-state index contributed by atoms with van der Waals surface area (Å²) in [6.07, 6.45) is 1.82. The van der Waals surface area contributed by atoms with Gasteiger partial charge in [0, 0.05) is 12.2 Å². The van der Waals surface area contributed by atoms with Gasteiger partial charge in [0.15, 0.2) is 5.17 Å². The summed E-state index contributed by atoms with van der Waals surface area (Å²) >= 11 is 1.53. The van der Waals surface area contributed by atoms with Gasteiger partial charge in [-0.25, -0.2) is 9.79 Å². The lowest BCUT2D eigenvalue weighted by atomic mass is 9.94. The highest BCUT2D eigenvalue weighted by Crippen LogP contribution is 2.40. The Morgan fingerprint density at radius 2 is 2.11 bits per heavy atom. The highest BCUT2D eigenvalue weighted by molar-refractivity contribution is 8.14. The van der Waals surface area contributed by atoms with Gasteiger partial charge in [0.2, 0.25) is 5.91 Å². The quantitative estimate of drug-likeness (QED) is 0.536. The Bertz CT molecular complexity index is 842. The summed E-state index contributed by atoms with van der Waals surface area (Å²) in [5.74, 6) is 0.890. The van der Waals surface area contributed by atoms with Crippen LogP contribution >= 0.6 is 11.8 Å². The van der Waals surface area contributed by atoms with E-state index in [1.165, 1.54) is 11.8 Å². The maximum atomic E-state index is 12.9. The number of nitrogens with zero attached hydrogens (tertiary/aromatic N) is 2. The molecule has 2 aliphatic rings. The van der Waals surface area contributed by atoms with Crippen molar-refractivity contribution in [3.05, 3.63) is 53.8 Å². The number of aliphatic imine (C=N–C) groups is 1. The average molecular weight is 401 g/mol. The Hall–Kier alpha value is -2.54. The van der Waals surface area contributed by atoms with E-state index in [2.05, 4.69) is 11.6 Å². The van der Waals surface area contributed by atoms with Crippen LogP contribution in [0.4, 0.5) is 0 Å². The summed E-state index contributed by atoms with van der Waals surface area (Å²) in [5.41, 5.74) is 1.79. The molecule has 28 heavy (non-hydrogen) atoms. The predicted octanol–water partition coefficient (Wildman–Crippen LogP) is 3.85. The molecule has 1 aromatic carbocycles. The van der Waals surface area contributed by atoms with Crippen LogP contribution in [0.25, 0.3) is 0 Å². The number of allylic oxidation sites excluding steroid dienone is 1. The molecule has 2 heterocycles. The molecule has 2 aliphatic heterocycles. The Kier molecular flexibility index (Phi) is 6.24. The van der Waals surface area contributed by atoms with E-state index in [1.807, 2.05) is 24.3 Å². The molecule has 1 saturated heterocycles. The standard InChI is InChI=1S/C21H24N2O4S/c1-5-11-26-16-8-6-15(7-9-16)19-18(20(25)27-13(2)3)14(4)22-21-23(19)17(24)10-12-28-21/h5-9,13,19H,1,10-12H2,2-4H3/t19-/m1/s1. The first-order valence-corrected chi connectivity index (χ1v) is 10.2. The molecular weight excluding hydrogens is 376 g/mol. The largest absolute Gasteiger partial charge is 0.490 e. The number of hydrogen-bond acceptors (Lipinski definition) is 6. The van der Waals surface area contributed by atoms with Crippen molar-refractivity contribution in [2.75, 3.05) is 12.4 Å². The molecule has 7 heteroatoms. The van der Waals surface area contributed by atoms with Gasteiger partial charge in [-0.1, -0.05) is 36.5 Å². The SMILES string of the molecule is C=CCOc1ccc([C@@H]2C(C(=O)OC(C)C)=C(C)N=C3SCCC(=O)N32)cc1. The average Bonchev–Trinajstić information content (AvgIpc) is 2.65. The van der Waals surface area contributed by atoms with E-state index in [0.717, 1.165) is 5.56 Å². The van der Waals surface area contributed by atoms with Crippen LogP contribution in [0.1, 0.15) is 38.8 Å². The number of hydrogen-bond donors (Lipinski definition) is 0. The van der Waals surface area contributed by atoms with Crippen LogP contribution in [-0.4, -0.2) is 40.4 Å². The van der Waals surface area contributed by atoms with Crippen molar-refractivity contribution >= 4 is 28.8 Å². The number of carbonyl (C=O) groups excluding carboxylic acids is 2. The van der Waals surface area contributed by atoms with E-state index in [4.69, 9.17) is 9.47 Å². The van der Waals surface area contributed by atoms with Crippen LogP contribution in [0.2, 0.25) is 0 Å². The van der Waals surface area contributed by atoms with Crippen molar-refractivity contribution in [3.8, 4) is 5.75 Å². The molecule has 1 fully saturated rings. The molecule has 1 aromatic rings. The first-order valence-electron chi connectivity index (χ1n) is 9.21. The molecular formula is C21H24N2O4S. The van der Waals surface area contributed by atoms with Gasteiger partial charge in [0.05, 0.1) is 23.4 Å². The second-order valence-corrected chi connectivity index (χ2v) is 7.84. The molecule has 0 spiro atoms. The second-order valence-electron chi connectivity index (χ2n) is 6.78. The van der Waals surface area contributed by atoms with Gasteiger partial charge >= 0.3 is 5.97 Å². The van der Waals surface area contributed by atoms with Crippen molar-refractivity contribution in [1.29, 1.82) is 0 Å². The Morgan fingerprint density at radius 1 is 1.39 bits per heavy atom. The summed E-state index contributed by atoms with van der Waals surface area (Å²) in [7, 11) is 0. The number of amides is 1. The highest BCUT2D eigenvalue weighted by atomic mass is 32.2. The number of esters is 1. The molecule has 0 N–H and O–H groups in total. The molecule has 1 amide bonds. The van der Waals surface area contributed by atoms with Crippen molar-refractivity contribution in [3.63, 3.8) is 0 Å². The number of fused-ring (bicyclic) bond motifs is 1. The van der Waals surface area contributed by atoms with Gasteiger partial charge < -0.3 is 9.47 Å². The van der Waals surface area contributed by atoms with E-state index < -0.39 is 12.0 Å². The molecule has 6 nitrogen and oxygen atoms in total. The maximum absolute atomic E-state index is 12.9. The monoisotopic (exact) mass is 400 g/mol. The fourth-order valence-electron chi connectivity index (χ4n) is 3.15. The number of ether oxygens (including phenoxy) is 2. The van der Waals surface area contributed by atoms with Gasteiger partial charge in [0.25, 0.3) is 0 Å². The molecule has 0 bridgehead atoms. The third-order valence-electron chi connectivity index (χ3n) is 4.33. The van der Waals surface area contributed by atoms with Crippen LogP contribution in [0.5, 0.6) is 5.75 Å². The molecule has 0 aromatic heterocycles. The predicted molar refractivity (Wildman–Crippen MR) is 110 cm³/mol. The lowest BCUT2D eigenvalue weighted by Crippen LogP contribution is -2.46. The summed E-state index contributed by atoms with van der Waals surface area (Å²) in [5, 5.41) is 0.631. The topological polar surface area (TPSA) is 68.2 Å². The van der Waals surface area contributed by atoms with Crippen molar-refractivity contribution in [1.82, 2.24) is 4.90 Å². The number of rotatable bonds is 6. The van der Waals surface area contributed by atoms with Crippen LogP contribution in [-0.2, 0) is 14.3 Å². The minimum absolute atomic E-state index is 0.0446. The first kappa shape index (κ1) is 20.2. The second kappa shape index (κ2) is 8.65. The number of amidine groups is 1. The molecule has 1 atom stereocenters. The molecule has 0 unspecified atom stereocenters. The molecule has 0 radical (unpaired) electrons. The zero-order valence-electron chi connectivity index (χ0n) is 16.3. The lowest BCUT2D eigenvalue weighted by molar-refractivity contribution is -0.143. The third-order valence-corrected chi connectivity index (χ3v) is 5.29. The van der Waals surface area contributed by atoms with Crippen LogP contribution in [0, 0.1) is 0 Å². The molecule has 148 valence electrons. The smallest absolute Gasteiger partial charge is 0.338 e. The normalized spacial score (nSPS) is 19.3. The molecule has 0 saturated carbocycles. The van der Waals surface area contributed by atoms with Crippen LogP contribution in [0.3, 0.4) is 0 Å². The van der Waals surface area contributed by atoms with Gasteiger partial charge in [-0.05, 0) is 38.5 Å². The van der Waals surface area contributed by atoms with Gasteiger partial charge in [0.1, 0.15) is 12.4 Å². The minimum Gasteiger partial charge on any atom is -0.490 e. The van der Waals surface area contributed by atoms with Crippen LogP contribution in [0.15, 0.2) is 53.2 Å². The fraction of sp³-hybridized carbons (Fsp3) is 0.381.